The number of hydrogen-bond donors (Lipinski definition) is 2. The summed E-state index contributed by atoms with van der Waals surface area (Å²) in [5.74, 6) is 2.12. The van der Waals surface area contributed by atoms with E-state index in [4.69, 9.17) is 20.3 Å². The van der Waals surface area contributed by atoms with Crippen LogP contribution in [0.3, 0.4) is 0 Å². The zero-order valence-electron chi connectivity index (χ0n) is 26.2. The maximum atomic E-state index is 12.7. The van der Waals surface area contributed by atoms with E-state index in [-0.39, 0.29) is 6.09 Å². The molecular weight excluding hydrogens is 566 g/mol. The predicted molar refractivity (Wildman–Crippen MR) is 175 cm³/mol. The highest BCUT2D eigenvalue weighted by Gasteiger charge is 2.28. The fourth-order valence-electron chi connectivity index (χ4n) is 6.08. The Morgan fingerprint density at radius 1 is 0.956 bits per heavy atom. The first-order chi connectivity index (χ1) is 21.6. The van der Waals surface area contributed by atoms with E-state index >= 15 is 0 Å². The highest BCUT2D eigenvalue weighted by Crippen LogP contribution is 2.36. The number of carbonyl (C=O) groups is 2. The van der Waals surface area contributed by atoms with E-state index < -0.39 is 11.5 Å². The second-order valence-electron chi connectivity index (χ2n) is 12.9. The lowest BCUT2D eigenvalue weighted by molar-refractivity contribution is 0.0181. The molecule has 0 aliphatic carbocycles. The molecule has 2 aliphatic rings. The summed E-state index contributed by atoms with van der Waals surface area (Å²) >= 11 is 0. The Bertz CT molecular complexity index is 1670. The van der Waals surface area contributed by atoms with Crippen molar-refractivity contribution in [3.8, 4) is 22.8 Å². The molecular formula is C36H41N5O4. The van der Waals surface area contributed by atoms with Crippen LogP contribution in [0, 0.1) is 5.92 Å². The number of rotatable bonds is 7. The number of piperidine rings is 1. The second-order valence-corrected chi connectivity index (χ2v) is 12.9. The van der Waals surface area contributed by atoms with Gasteiger partial charge in [0.05, 0.1) is 0 Å². The van der Waals surface area contributed by atoms with Gasteiger partial charge in [-0.2, -0.15) is 5.10 Å². The van der Waals surface area contributed by atoms with Crippen molar-refractivity contribution >= 4 is 23.5 Å². The van der Waals surface area contributed by atoms with Gasteiger partial charge in [-0.3, -0.25) is 4.79 Å². The number of nitrogens with two attached hydrogens (primary N) is 1. The van der Waals surface area contributed by atoms with Crippen molar-refractivity contribution in [3.05, 3.63) is 89.5 Å². The minimum absolute atomic E-state index is 0.211. The van der Waals surface area contributed by atoms with Gasteiger partial charge >= 0.3 is 6.09 Å². The van der Waals surface area contributed by atoms with Crippen molar-refractivity contribution in [2.45, 2.75) is 65.0 Å². The summed E-state index contributed by atoms with van der Waals surface area (Å²) in [6.07, 6.45) is 4.62. The van der Waals surface area contributed by atoms with Crippen molar-refractivity contribution < 1.29 is 19.1 Å². The minimum Gasteiger partial charge on any atom is -0.457 e. The molecule has 0 bridgehead atoms. The standard InChI is InChI=1S/C36H41N5O4/c1-36(2,3)45-35(43)40-20-17-24(18-21-40)9-10-25-11-16-30-27(23-25)19-22-41-34(38-30)31(33(37)42)32(39-41)26-12-14-29(15-13-26)44-28-7-5-4-6-8-28/h4-8,11-16,23-24,38H,9-10,17-22H2,1-3H3,(H2,37,42). The number of nitrogens with one attached hydrogen (secondary N) is 1. The molecule has 4 aromatic rings. The van der Waals surface area contributed by atoms with Gasteiger partial charge in [-0.15, -0.1) is 0 Å². The van der Waals surface area contributed by atoms with Crippen LogP contribution >= 0.6 is 0 Å². The van der Waals surface area contributed by atoms with E-state index in [1.165, 1.54) is 11.1 Å². The van der Waals surface area contributed by atoms with Crippen LogP contribution in [-0.2, 0) is 24.1 Å². The first-order valence-electron chi connectivity index (χ1n) is 15.7. The maximum absolute atomic E-state index is 12.7. The van der Waals surface area contributed by atoms with E-state index in [1.54, 1.807) is 0 Å². The van der Waals surface area contributed by atoms with Crippen molar-refractivity contribution in [1.29, 1.82) is 0 Å². The molecule has 0 saturated carbocycles. The minimum atomic E-state index is -0.527. The van der Waals surface area contributed by atoms with Crippen LogP contribution in [0.2, 0.25) is 0 Å². The van der Waals surface area contributed by atoms with E-state index in [1.807, 2.05) is 85.0 Å². The van der Waals surface area contributed by atoms with Gasteiger partial charge in [0.2, 0.25) is 0 Å². The van der Waals surface area contributed by atoms with Crippen molar-refractivity contribution in [2.24, 2.45) is 11.7 Å². The average molecular weight is 608 g/mol. The van der Waals surface area contributed by atoms with Crippen LogP contribution < -0.4 is 15.8 Å². The number of aryl methyl sites for hydroxylation is 3. The highest BCUT2D eigenvalue weighted by atomic mass is 16.6. The molecule has 1 fully saturated rings. The van der Waals surface area contributed by atoms with Crippen molar-refractivity contribution in [2.75, 3.05) is 18.4 Å². The molecule has 3 aromatic carbocycles. The fourth-order valence-corrected chi connectivity index (χ4v) is 6.08. The van der Waals surface area contributed by atoms with E-state index in [9.17, 15) is 9.59 Å². The van der Waals surface area contributed by atoms with Gasteiger partial charge in [0.1, 0.15) is 34.2 Å². The summed E-state index contributed by atoms with van der Waals surface area (Å²) in [5, 5.41) is 8.31. The monoisotopic (exact) mass is 607 g/mol. The largest absolute Gasteiger partial charge is 0.457 e. The number of ether oxygens (including phenoxy) is 2. The van der Waals surface area contributed by atoms with Crippen LogP contribution in [0.25, 0.3) is 11.3 Å². The van der Waals surface area contributed by atoms with Gasteiger partial charge in [-0.05, 0) is 112 Å². The SMILES string of the molecule is CC(C)(C)OC(=O)N1CCC(CCc2ccc3c(c2)CCn2nc(-c4ccc(Oc5ccccc5)cc4)c(C(N)=O)c2N3)CC1. The molecule has 234 valence electrons. The van der Waals surface area contributed by atoms with E-state index in [2.05, 4.69) is 23.5 Å². The number of aromatic nitrogens is 2. The number of primary amides is 1. The number of carbonyl (C=O) groups excluding carboxylic acids is 2. The number of nitrogens with zero attached hydrogens (tertiary/aromatic N) is 3. The summed E-state index contributed by atoms with van der Waals surface area (Å²) in [4.78, 5) is 27.0. The summed E-state index contributed by atoms with van der Waals surface area (Å²) in [6.45, 7) is 7.82. The Morgan fingerprint density at radius 3 is 2.36 bits per heavy atom. The molecule has 2 aliphatic heterocycles. The van der Waals surface area contributed by atoms with E-state index in [0.29, 0.717) is 35.3 Å². The first kappa shape index (κ1) is 30.2. The molecule has 1 saturated heterocycles. The smallest absolute Gasteiger partial charge is 0.410 e. The molecule has 2 amide bonds. The molecule has 0 unspecified atom stereocenters. The van der Waals surface area contributed by atoms with Crippen LogP contribution in [0.5, 0.6) is 11.5 Å². The number of anilines is 2. The normalized spacial score (nSPS) is 15.0. The van der Waals surface area contributed by atoms with Crippen LogP contribution in [0.1, 0.15) is 61.5 Å². The molecule has 9 heteroatoms. The molecule has 6 rings (SSSR count). The molecule has 0 radical (unpaired) electrons. The lowest BCUT2D eigenvalue weighted by atomic mass is 9.90. The van der Waals surface area contributed by atoms with Crippen LogP contribution in [0.4, 0.5) is 16.3 Å². The lowest BCUT2D eigenvalue weighted by Gasteiger charge is -2.33. The quantitative estimate of drug-likeness (QED) is 0.228. The molecule has 3 N–H and O–H groups in total. The molecule has 0 spiro atoms. The van der Waals surface area contributed by atoms with Gasteiger partial charge < -0.3 is 25.4 Å². The Hall–Kier alpha value is -4.79. The molecule has 45 heavy (non-hydrogen) atoms. The Kier molecular flexibility index (Phi) is 8.52. The van der Waals surface area contributed by atoms with E-state index in [0.717, 1.165) is 62.2 Å². The zero-order valence-corrected chi connectivity index (χ0v) is 26.2. The van der Waals surface area contributed by atoms with Crippen molar-refractivity contribution in [3.63, 3.8) is 0 Å². The molecule has 9 nitrogen and oxygen atoms in total. The van der Waals surface area contributed by atoms with Gasteiger partial charge in [-0.1, -0.05) is 30.3 Å². The third kappa shape index (κ3) is 7.14. The van der Waals surface area contributed by atoms with Gasteiger partial charge in [0.25, 0.3) is 5.91 Å². The Balaban J connectivity index is 1.11. The number of likely N-dealkylation sites (tertiary alicyclic amines) is 1. The van der Waals surface area contributed by atoms with Crippen molar-refractivity contribution in [1.82, 2.24) is 14.7 Å². The second kappa shape index (κ2) is 12.7. The van der Waals surface area contributed by atoms with Crippen LogP contribution in [-0.4, -0.2) is 45.4 Å². The highest BCUT2D eigenvalue weighted by molar-refractivity contribution is 6.04. The first-order valence-corrected chi connectivity index (χ1v) is 15.7. The topological polar surface area (TPSA) is 112 Å². The fraction of sp³-hybridized carbons (Fsp3) is 0.361. The molecule has 3 heterocycles. The summed E-state index contributed by atoms with van der Waals surface area (Å²) < 4.78 is 13.3. The number of hydrogen-bond acceptors (Lipinski definition) is 6. The Morgan fingerprint density at radius 2 is 1.67 bits per heavy atom. The zero-order chi connectivity index (χ0) is 31.6. The lowest BCUT2D eigenvalue weighted by Crippen LogP contribution is -2.41. The molecule has 0 atom stereocenters. The summed E-state index contributed by atoms with van der Waals surface area (Å²) in [6, 6.07) is 23.6. The van der Waals surface area contributed by atoms with Gasteiger partial charge in [-0.25, -0.2) is 9.48 Å². The predicted octanol–water partition coefficient (Wildman–Crippen LogP) is 7.32. The number of amides is 2. The Labute approximate surface area is 264 Å². The number of para-hydroxylation sites is 1. The third-order valence-electron chi connectivity index (χ3n) is 8.43. The summed E-state index contributed by atoms with van der Waals surface area (Å²) in [5.41, 5.74) is 10.6. The molecule has 1 aromatic heterocycles. The average Bonchev–Trinajstić information content (AvgIpc) is 3.28. The maximum Gasteiger partial charge on any atom is 0.410 e. The number of fused-ring (bicyclic) bond motifs is 2. The van der Waals surface area contributed by atoms with Crippen LogP contribution in [0.15, 0.2) is 72.8 Å². The van der Waals surface area contributed by atoms with Gasteiger partial charge in [0, 0.05) is 30.9 Å². The number of benzene rings is 3. The van der Waals surface area contributed by atoms with Gasteiger partial charge in [0.15, 0.2) is 0 Å². The third-order valence-corrected chi connectivity index (χ3v) is 8.43. The summed E-state index contributed by atoms with van der Waals surface area (Å²) in [7, 11) is 0.